The molecule has 15 heavy (non-hydrogen) atoms. The molecule has 2 rings (SSSR count). The number of phenols is 1. The van der Waals surface area contributed by atoms with Gasteiger partial charge in [-0.25, -0.2) is 0 Å². The van der Waals surface area contributed by atoms with E-state index in [9.17, 15) is 9.90 Å². The minimum absolute atomic E-state index is 0.0307. The number of aryl methyl sites for hydroxylation is 1. The van der Waals surface area contributed by atoms with E-state index in [1.807, 2.05) is 0 Å². The molecule has 0 bridgehead atoms. The van der Waals surface area contributed by atoms with Crippen LogP contribution in [0.1, 0.15) is 12.0 Å². The van der Waals surface area contributed by atoms with E-state index < -0.39 is 5.97 Å². The van der Waals surface area contributed by atoms with Crippen LogP contribution in [-0.2, 0) is 11.2 Å². The highest BCUT2D eigenvalue weighted by molar-refractivity contribution is 5.87. The van der Waals surface area contributed by atoms with Gasteiger partial charge in [-0.1, -0.05) is 6.07 Å². The summed E-state index contributed by atoms with van der Waals surface area (Å²) < 4.78 is 5.21. The van der Waals surface area contributed by atoms with Gasteiger partial charge in [0.2, 0.25) is 0 Å². The van der Waals surface area contributed by atoms with Gasteiger partial charge in [0.1, 0.15) is 11.3 Å². The highest BCUT2D eigenvalue weighted by Gasteiger charge is 2.10. The zero-order chi connectivity index (χ0) is 10.8. The number of furan rings is 1. The number of fused-ring (bicyclic) bond motifs is 1. The van der Waals surface area contributed by atoms with E-state index in [1.165, 1.54) is 6.26 Å². The van der Waals surface area contributed by atoms with Gasteiger partial charge in [-0.15, -0.1) is 0 Å². The van der Waals surface area contributed by atoms with Gasteiger partial charge < -0.3 is 14.6 Å². The van der Waals surface area contributed by atoms with Crippen LogP contribution in [0.2, 0.25) is 0 Å². The average molecular weight is 206 g/mol. The second kappa shape index (κ2) is 3.65. The van der Waals surface area contributed by atoms with E-state index in [1.54, 1.807) is 18.2 Å². The number of hydrogen-bond donors (Lipinski definition) is 2. The second-order valence-corrected chi connectivity index (χ2v) is 3.30. The van der Waals surface area contributed by atoms with Gasteiger partial charge in [-0.2, -0.15) is 0 Å². The number of phenolic OH excluding ortho intramolecular Hbond substituents is 1. The highest BCUT2D eigenvalue weighted by atomic mass is 16.4. The lowest BCUT2D eigenvalue weighted by Gasteiger charge is -1.97. The molecule has 4 nitrogen and oxygen atoms in total. The number of carboxylic acids is 1. The van der Waals surface area contributed by atoms with Crippen LogP contribution in [0.3, 0.4) is 0 Å². The molecule has 2 aromatic rings. The summed E-state index contributed by atoms with van der Waals surface area (Å²) in [7, 11) is 0. The van der Waals surface area contributed by atoms with Crippen molar-refractivity contribution in [1.29, 1.82) is 0 Å². The van der Waals surface area contributed by atoms with Gasteiger partial charge in [0.05, 0.1) is 11.6 Å². The van der Waals surface area contributed by atoms with Crippen molar-refractivity contribution >= 4 is 16.9 Å². The molecule has 2 N–H and O–H groups in total. The summed E-state index contributed by atoms with van der Waals surface area (Å²) in [6.07, 6.45) is 1.89. The Kier molecular flexibility index (Phi) is 2.33. The Morgan fingerprint density at radius 2 is 2.20 bits per heavy atom. The lowest BCUT2D eigenvalue weighted by Crippen LogP contribution is -1.96. The van der Waals surface area contributed by atoms with Gasteiger partial charge in [-0.3, -0.25) is 4.79 Å². The molecular weight excluding hydrogens is 196 g/mol. The van der Waals surface area contributed by atoms with Crippen LogP contribution in [-0.4, -0.2) is 16.2 Å². The Bertz CT molecular complexity index is 498. The highest BCUT2D eigenvalue weighted by Crippen LogP contribution is 2.30. The van der Waals surface area contributed by atoms with Crippen LogP contribution in [0.25, 0.3) is 11.0 Å². The SMILES string of the molecule is O=C(O)CCc1coc2cccc(O)c12. The molecule has 4 heteroatoms. The van der Waals surface area contributed by atoms with Crippen LogP contribution >= 0.6 is 0 Å². The summed E-state index contributed by atoms with van der Waals surface area (Å²) >= 11 is 0. The number of carboxylic acid groups (broad SMARTS) is 1. The number of benzene rings is 1. The third-order valence-corrected chi connectivity index (χ3v) is 2.26. The van der Waals surface area contributed by atoms with Crippen molar-refractivity contribution in [1.82, 2.24) is 0 Å². The average Bonchev–Trinajstić information content (AvgIpc) is 2.59. The van der Waals surface area contributed by atoms with Crippen molar-refractivity contribution in [2.45, 2.75) is 12.8 Å². The third-order valence-electron chi connectivity index (χ3n) is 2.26. The Morgan fingerprint density at radius 1 is 1.40 bits per heavy atom. The monoisotopic (exact) mass is 206 g/mol. The first-order chi connectivity index (χ1) is 7.18. The van der Waals surface area contributed by atoms with Crippen LogP contribution in [0.5, 0.6) is 5.75 Å². The maximum atomic E-state index is 10.4. The number of aliphatic carboxylic acids is 1. The summed E-state index contributed by atoms with van der Waals surface area (Å²) in [6.45, 7) is 0. The topological polar surface area (TPSA) is 70.7 Å². The maximum absolute atomic E-state index is 10.4. The Labute approximate surface area is 85.8 Å². The van der Waals surface area contributed by atoms with Crippen molar-refractivity contribution in [3.8, 4) is 5.75 Å². The standard InChI is InChI=1S/C11H10O4/c12-8-2-1-3-9-11(8)7(6-15-9)4-5-10(13)14/h1-3,6,12H,4-5H2,(H,13,14). The van der Waals surface area contributed by atoms with Gasteiger partial charge in [0, 0.05) is 12.0 Å². The summed E-state index contributed by atoms with van der Waals surface area (Å²) in [5, 5.41) is 18.8. The second-order valence-electron chi connectivity index (χ2n) is 3.30. The molecule has 1 aromatic heterocycles. The van der Waals surface area contributed by atoms with Crippen LogP contribution in [0.4, 0.5) is 0 Å². The molecule has 0 spiro atoms. The summed E-state index contributed by atoms with van der Waals surface area (Å²) in [6, 6.07) is 4.98. The van der Waals surface area contributed by atoms with Crippen molar-refractivity contribution in [3.63, 3.8) is 0 Å². The van der Waals surface area contributed by atoms with E-state index in [0.29, 0.717) is 17.4 Å². The van der Waals surface area contributed by atoms with Crippen molar-refractivity contribution < 1.29 is 19.4 Å². The summed E-state index contributed by atoms with van der Waals surface area (Å²) in [4.78, 5) is 10.4. The molecule has 0 aliphatic carbocycles. The fourth-order valence-electron chi connectivity index (χ4n) is 1.56. The molecule has 78 valence electrons. The number of carbonyl (C=O) groups is 1. The van der Waals surface area contributed by atoms with Gasteiger partial charge in [0.15, 0.2) is 0 Å². The van der Waals surface area contributed by atoms with Crippen LogP contribution in [0.15, 0.2) is 28.9 Å². The quantitative estimate of drug-likeness (QED) is 0.807. The largest absolute Gasteiger partial charge is 0.507 e. The fourth-order valence-corrected chi connectivity index (χ4v) is 1.56. The maximum Gasteiger partial charge on any atom is 0.303 e. The van der Waals surface area contributed by atoms with E-state index in [-0.39, 0.29) is 12.2 Å². The fraction of sp³-hybridized carbons (Fsp3) is 0.182. The molecule has 0 unspecified atom stereocenters. The Morgan fingerprint density at radius 3 is 2.93 bits per heavy atom. The van der Waals surface area contributed by atoms with Crippen molar-refractivity contribution in [2.75, 3.05) is 0 Å². The third kappa shape index (κ3) is 1.79. The predicted molar refractivity (Wildman–Crippen MR) is 53.8 cm³/mol. The lowest BCUT2D eigenvalue weighted by molar-refractivity contribution is -0.136. The first-order valence-corrected chi connectivity index (χ1v) is 4.58. The van der Waals surface area contributed by atoms with E-state index in [2.05, 4.69) is 0 Å². The summed E-state index contributed by atoms with van der Waals surface area (Å²) in [5.74, 6) is -0.735. The number of aromatic hydroxyl groups is 1. The van der Waals surface area contributed by atoms with E-state index in [0.717, 1.165) is 5.56 Å². The molecule has 0 radical (unpaired) electrons. The van der Waals surface area contributed by atoms with E-state index >= 15 is 0 Å². The van der Waals surface area contributed by atoms with Crippen LogP contribution in [0, 0.1) is 0 Å². The van der Waals surface area contributed by atoms with Gasteiger partial charge in [-0.05, 0) is 18.6 Å². The molecule has 1 aromatic carbocycles. The predicted octanol–water partition coefficient (Wildman–Crippen LogP) is 2.16. The minimum Gasteiger partial charge on any atom is -0.507 e. The molecule has 0 amide bonds. The first kappa shape index (κ1) is 9.58. The Hall–Kier alpha value is -1.97. The van der Waals surface area contributed by atoms with Gasteiger partial charge >= 0.3 is 5.97 Å². The lowest BCUT2D eigenvalue weighted by atomic mass is 10.1. The number of rotatable bonds is 3. The van der Waals surface area contributed by atoms with Crippen molar-refractivity contribution in [2.24, 2.45) is 0 Å². The smallest absolute Gasteiger partial charge is 0.303 e. The van der Waals surface area contributed by atoms with Crippen molar-refractivity contribution in [3.05, 3.63) is 30.0 Å². The molecule has 0 aliphatic heterocycles. The molecular formula is C11H10O4. The molecule has 1 heterocycles. The summed E-state index contributed by atoms with van der Waals surface area (Å²) in [5.41, 5.74) is 1.31. The Balaban J connectivity index is 2.39. The normalized spacial score (nSPS) is 10.7. The molecule has 0 saturated carbocycles. The molecule has 0 atom stereocenters. The molecule has 0 aliphatic rings. The molecule has 0 fully saturated rings. The first-order valence-electron chi connectivity index (χ1n) is 4.58. The zero-order valence-electron chi connectivity index (χ0n) is 7.93. The zero-order valence-corrected chi connectivity index (χ0v) is 7.93. The van der Waals surface area contributed by atoms with E-state index in [4.69, 9.17) is 9.52 Å². The minimum atomic E-state index is -0.861. The van der Waals surface area contributed by atoms with Crippen LogP contribution < -0.4 is 0 Å². The van der Waals surface area contributed by atoms with Gasteiger partial charge in [0.25, 0.3) is 0 Å². The number of hydrogen-bond acceptors (Lipinski definition) is 3. The molecule has 0 saturated heterocycles.